The van der Waals surface area contributed by atoms with E-state index >= 15 is 0 Å². The average molecular weight is 346 g/mol. The van der Waals surface area contributed by atoms with Crippen molar-refractivity contribution in [2.24, 2.45) is 0 Å². The van der Waals surface area contributed by atoms with Gasteiger partial charge in [0.25, 0.3) is 0 Å². The number of anilines is 4. The van der Waals surface area contributed by atoms with Gasteiger partial charge < -0.3 is 10.2 Å². The Kier molecular flexibility index (Phi) is 4.07. The van der Waals surface area contributed by atoms with E-state index < -0.39 is 0 Å². The molecule has 0 saturated heterocycles. The number of thiophene rings is 1. The Labute approximate surface area is 150 Å². The van der Waals surface area contributed by atoms with Crippen LogP contribution in [-0.4, -0.2) is 17.0 Å². The summed E-state index contributed by atoms with van der Waals surface area (Å²) in [4.78, 5) is 11.0. The first-order valence-corrected chi connectivity index (χ1v) is 8.99. The number of aryl methyl sites for hydroxylation is 1. The zero-order chi connectivity index (χ0) is 17.2. The zero-order valence-corrected chi connectivity index (χ0v) is 14.9. The molecule has 124 valence electrons. The summed E-state index contributed by atoms with van der Waals surface area (Å²) < 4.78 is 0. The van der Waals surface area contributed by atoms with E-state index in [0.29, 0.717) is 0 Å². The van der Waals surface area contributed by atoms with Gasteiger partial charge in [0.2, 0.25) is 0 Å². The lowest BCUT2D eigenvalue weighted by Crippen LogP contribution is -2.08. The van der Waals surface area contributed by atoms with Crippen molar-refractivity contribution in [3.05, 3.63) is 71.2 Å². The molecule has 2 heterocycles. The minimum atomic E-state index is 0.816. The Morgan fingerprint density at radius 2 is 1.92 bits per heavy atom. The molecule has 4 aromatic rings. The number of benzene rings is 2. The number of nitrogens with one attached hydrogen (secondary N) is 1. The van der Waals surface area contributed by atoms with Gasteiger partial charge in [-0.1, -0.05) is 12.1 Å². The third-order valence-electron chi connectivity index (χ3n) is 4.18. The van der Waals surface area contributed by atoms with E-state index in [1.165, 1.54) is 11.3 Å². The molecule has 0 atom stereocenters. The van der Waals surface area contributed by atoms with Gasteiger partial charge in [0.05, 0.1) is 11.2 Å². The largest absolute Gasteiger partial charge is 0.344 e. The van der Waals surface area contributed by atoms with E-state index in [1.54, 1.807) is 17.7 Å². The lowest BCUT2D eigenvalue weighted by atomic mass is 10.1. The second-order valence-electron chi connectivity index (χ2n) is 5.96. The molecule has 0 aliphatic rings. The van der Waals surface area contributed by atoms with Crippen LogP contribution < -0.4 is 10.2 Å². The van der Waals surface area contributed by atoms with Gasteiger partial charge in [0.1, 0.15) is 12.1 Å². The number of hydrogen-bond donors (Lipinski definition) is 1. The van der Waals surface area contributed by atoms with Crippen LogP contribution in [0.4, 0.5) is 22.9 Å². The maximum Gasteiger partial charge on any atom is 0.141 e. The molecule has 4 rings (SSSR count). The molecule has 2 aromatic heterocycles. The summed E-state index contributed by atoms with van der Waals surface area (Å²) in [6, 6.07) is 16.6. The predicted molar refractivity (Wildman–Crippen MR) is 106 cm³/mol. The van der Waals surface area contributed by atoms with Gasteiger partial charge in [0.15, 0.2) is 0 Å². The SMILES string of the molecule is Cc1cccc(Nc2ncnc3ccc(N(C)c4ccsc4)cc23)c1. The third-order valence-corrected chi connectivity index (χ3v) is 4.85. The summed E-state index contributed by atoms with van der Waals surface area (Å²) in [5.74, 6) is 0.816. The first kappa shape index (κ1) is 15.6. The lowest BCUT2D eigenvalue weighted by molar-refractivity contribution is 1.20. The summed E-state index contributed by atoms with van der Waals surface area (Å²) >= 11 is 1.69. The number of nitrogens with zero attached hydrogens (tertiary/aromatic N) is 3. The number of aromatic nitrogens is 2. The van der Waals surface area contributed by atoms with Crippen LogP contribution in [0.5, 0.6) is 0 Å². The van der Waals surface area contributed by atoms with Crippen LogP contribution in [0, 0.1) is 6.92 Å². The van der Waals surface area contributed by atoms with Crippen molar-refractivity contribution in [1.29, 1.82) is 0 Å². The van der Waals surface area contributed by atoms with Gasteiger partial charge >= 0.3 is 0 Å². The Bertz CT molecular complexity index is 1010. The zero-order valence-electron chi connectivity index (χ0n) is 14.1. The van der Waals surface area contributed by atoms with Crippen molar-refractivity contribution in [3.63, 3.8) is 0 Å². The fourth-order valence-corrected chi connectivity index (χ4v) is 3.48. The van der Waals surface area contributed by atoms with Crippen molar-refractivity contribution >= 4 is 45.1 Å². The first-order valence-electron chi connectivity index (χ1n) is 8.05. The summed E-state index contributed by atoms with van der Waals surface area (Å²) in [5, 5.41) is 8.64. The molecule has 0 aliphatic carbocycles. The van der Waals surface area contributed by atoms with Crippen LogP contribution >= 0.6 is 11.3 Å². The van der Waals surface area contributed by atoms with Gasteiger partial charge in [-0.3, -0.25) is 0 Å². The maximum atomic E-state index is 4.46. The van der Waals surface area contributed by atoms with Gasteiger partial charge in [-0.2, -0.15) is 11.3 Å². The molecular weight excluding hydrogens is 328 g/mol. The van der Waals surface area contributed by atoms with E-state index in [0.717, 1.165) is 28.1 Å². The van der Waals surface area contributed by atoms with Crippen LogP contribution in [-0.2, 0) is 0 Å². The Morgan fingerprint density at radius 1 is 1.00 bits per heavy atom. The van der Waals surface area contributed by atoms with Crippen molar-refractivity contribution in [3.8, 4) is 0 Å². The lowest BCUT2D eigenvalue weighted by Gasteiger charge is -2.18. The second-order valence-corrected chi connectivity index (χ2v) is 6.74. The summed E-state index contributed by atoms with van der Waals surface area (Å²) in [6.45, 7) is 2.08. The molecule has 0 saturated carbocycles. The van der Waals surface area contributed by atoms with E-state index in [-0.39, 0.29) is 0 Å². The molecule has 4 nitrogen and oxygen atoms in total. The highest BCUT2D eigenvalue weighted by Crippen LogP contribution is 2.31. The van der Waals surface area contributed by atoms with Gasteiger partial charge in [-0.15, -0.1) is 0 Å². The molecule has 0 amide bonds. The summed E-state index contributed by atoms with van der Waals surface area (Å²) in [5.41, 5.74) is 5.44. The number of fused-ring (bicyclic) bond motifs is 1. The molecule has 1 N–H and O–H groups in total. The molecule has 0 bridgehead atoms. The normalized spacial score (nSPS) is 10.8. The molecule has 0 aliphatic heterocycles. The minimum absolute atomic E-state index is 0.816. The average Bonchev–Trinajstić information content (AvgIpc) is 3.16. The van der Waals surface area contributed by atoms with Crippen LogP contribution in [0.15, 0.2) is 65.6 Å². The molecule has 2 aromatic carbocycles. The van der Waals surface area contributed by atoms with E-state index in [1.807, 2.05) is 18.2 Å². The summed E-state index contributed by atoms with van der Waals surface area (Å²) in [6.07, 6.45) is 1.60. The van der Waals surface area contributed by atoms with Gasteiger partial charge in [-0.25, -0.2) is 9.97 Å². The smallest absolute Gasteiger partial charge is 0.141 e. The van der Waals surface area contributed by atoms with Crippen molar-refractivity contribution < 1.29 is 0 Å². The quantitative estimate of drug-likeness (QED) is 0.529. The molecule has 0 unspecified atom stereocenters. The van der Waals surface area contributed by atoms with Crippen molar-refractivity contribution in [2.75, 3.05) is 17.3 Å². The van der Waals surface area contributed by atoms with Crippen molar-refractivity contribution in [2.45, 2.75) is 6.92 Å². The monoisotopic (exact) mass is 346 g/mol. The fraction of sp³-hybridized carbons (Fsp3) is 0.100. The fourth-order valence-electron chi connectivity index (χ4n) is 2.81. The minimum Gasteiger partial charge on any atom is -0.344 e. The van der Waals surface area contributed by atoms with Crippen molar-refractivity contribution in [1.82, 2.24) is 9.97 Å². The molecule has 5 heteroatoms. The highest BCUT2D eigenvalue weighted by atomic mass is 32.1. The molecular formula is C20H18N4S. The molecule has 0 fully saturated rings. The van der Waals surface area contributed by atoms with Gasteiger partial charge in [0, 0.05) is 29.2 Å². The highest BCUT2D eigenvalue weighted by molar-refractivity contribution is 7.08. The predicted octanol–water partition coefficient (Wildman–Crippen LogP) is 5.51. The maximum absolute atomic E-state index is 4.46. The summed E-state index contributed by atoms with van der Waals surface area (Å²) in [7, 11) is 2.07. The first-order chi connectivity index (χ1) is 12.2. The van der Waals surface area contributed by atoms with Crippen LogP contribution in [0.3, 0.4) is 0 Å². The van der Waals surface area contributed by atoms with E-state index in [2.05, 4.69) is 75.2 Å². The van der Waals surface area contributed by atoms with E-state index in [9.17, 15) is 0 Å². The Hall–Kier alpha value is -2.92. The molecule has 25 heavy (non-hydrogen) atoms. The van der Waals surface area contributed by atoms with Gasteiger partial charge in [-0.05, 0) is 54.3 Å². The Morgan fingerprint density at radius 3 is 2.72 bits per heavy atom. The molecule has 0 radical (unpaired) electrons. The van der Waals surface area contributed by atoms with E-state index in [4.69, 9.17) is 0 Å². The van der Waals surface area contributed by atoms with Crippen LogP contribution in [0.25, 0.3) is 10.9 Å². The number of rotatable bonds is 4. The Balaban J connectivity index is 1.75. The standard InChI is InChI=1S/C20H18N4S/c1-14-4-3-5-15(10-14)23-20-18-11-16(6-7-19(18)21-13-22-20)24(2)17-8-9-25-12-17/h3-13H,1-2H3,(H,21,22,23). The van der Waals surface area contributed by atoms with Crippen LogP contribution in [0.1, 0.15) is 5.56 Å². The van der Waals surface area contributed by atoms with Crippen LogP contribution in [0.2, 0.25) is 0 Å². The highest BCUT2D eigenvalue weighted by Gasteiger charge is 2.09. The number of hydrogen-bond acceptors (Lipinski definition) is 5. The topological polar surface area (TPSA) is 41.1 Å². The second kappa shape index (κ2) is 6.53. The molecule has 0 spiro atoms. The third kappa shape index (κ3) is 3.19.